The number of aromatic nitrogens is 4. The molecule has 0 saturated heterocycles. The van der Waals surface area contributed by atoms with Crippen molar-refractivity contribution in [3.8, 4) is 11.4 Å². The molecule has 6 nitrogen and oxygen atoms in total. The molecule has 1 aromatic carbocycles. The normalized spacial score (nSPS) is 11.2. The lowest BCUT2D eigenvalue weighted by molar-refractivity contribution is 0.720. The Morgan fingerprint density at radius 2 is 1.86 bits per heavy atom. The van der Waals surface area contributed by atoms with Crippen LogP contribution in [0.1, 0.15) is 6.92 Å². The van der Waals surface area contributed by atoms with Gasteiger partial charge in [-0.15, -0.1) is 0 Å². The van der Waals surface area contributed by atoms with Crippen molar-refractivity contribution >= 4 is 34.4 Å². The number of halogens is 2. The molecule has 3 aromatic rings. The molecular weight excluding hydrogens is 315 g/mol. The molecule has 0 radical (unpaired) electrons. The summed E-state index contributed by atoms with van der Waals surface area (Å²) in [7, 11) is 0. The van der Waals surface area contributed by atoms with Crippen LogP contribution in [0, 0.1) is 0 Å². The van der Waals surface area contributed by atoms with Gasteiger partial charge in [-0.3, -0.25) is 14.3 Å². The van der Waals surface area contributed by atoms with Gasteiger partial charge in [0.05, 0.1) is 15.6 Å². The van der Waals surface area contributed by atoms with E-state index >= 15 is 0 Å². The van der Waals surface area contributed by atoms with Gasteiger partial charge in [0.2, 0.25) is 0 Å². The van der Waals surface area contributed by atoms with Crippen LogP contribution in [0.2, 0.25) is 10.0 Å². The Hall–Kier alpha value is -2.05. The maximum Gasteiger partial charge on any atom is 0.330 e. The standard InChI is InChI=1S/C13H10Cl2N4O2/c1-2-19-11-9(12(20)18-13(19)21)16-10(17-11)8-6(14)4-3-5-7(8)15/h3-5H,2H2,1H3,(H,16,17)(H,18,20,21). The summed E-state index contributed by atoms with van der Waals surface area (Å²) in [5.41, 5.74) is -0.0499. The van der Waals surface area contributed by atoms with E-state index in [0.29, 0.717) is 28.0 Å². The zero-order valence-corrected chi connectivity index (χ0v) is 12.4. The van der Waals surface area contributed by atoms with Crippen molar-refractivity contribution in [3.05, 3.63) is 49.1 Å². The predicted octanol–water partition coefficient (Wildman–Crippen LogP) is 2.41. The molecule has 0 atom stereocenters. The zero-order chi connectivity index (χ0) is 15.1. The molecule has 0 aliphatic rings. The molecule has 2 N–H and O–H groups in total. The number of aromatic amines is 2. The monoisotopic (exact) mass is 324 g/mol. The highest BCUT2D eigenvalue weighted by Crippen LogP contribution is 2.33. The van der Waals surface area contributed by atoms with Crippen LogP contribution >= 0.6 is 23.2 Å². The van der Waals surface area contributed by atoms with Crippen LogP contribution in [0.15, 0.2) is 27.8 Å². The van der Waals surface area contributed by atoms with E-state index in [1.807, 2.05) is 0 Å². The molecule has 0 aliphatic heterocycles. The van der Waals surface area contributed by atoms with Gasteiger partial charge in [-0.1, -0.05) is 29.3 Å². The summed E-state index contributed by atoms with van der Waals surface area (Å²) in [4.78, 5) is 33.1. The van der Waals surface area contributed by atoms with Crippen LogP contribution in [-0.4, -0.2) is 19.5 Å². The maximum absolute atomic E-state index is 11.9. The van der Waals surface area contributed by atoms with E-state index < -0.39 is 11.2 Å². The number of hydrogen-bond acceptors (Lipinski definition) is 3. The average Bonchev–Trinajstić information content (AvgIpc) is 2.84. The molecule has 0 aliphatic carbocycles. The molecule has 3 rings (SSSR count). The van der Waals surface area contributed by atoms with Gasteiger partial charge >= 0.3 is 5.69 Å². The van der Waals surface area contributed by atoms with Crippen molar-refractivity contribution in [3.63, 3.8) is 0 Å². The van der Waals surface area contributed by atoms with E-state index in [-0.39, 0.29) is 11.2 Å². The first-order valence-corrected chi connectivity index (χ1v) is 6.95. The molecule has 0 unspecified atom stereocenters. The fraction of sp³-hybridized carbons (Fsp3) is 0.154. The molecular formula is C13H10Cl2N4O2. The fourth-order valence-corrected chi connectivity index (χ4v) is 2.75. The third-order valence-corrected chi connectivity index (χ3v) is 3.78. The first kappa shape index (κ1) is 13.9. The maximum atomic E-state index is 11.9. The zero-order valence-electron chi connectivity index (χ0n) is 10.9. The fourth-order valence-electron chi connectivity index (χ4n) is 2.18. The van der Waals surface area contributed by atoms with Crippen LogP contribution in [0.4, 0.5) is 0 Å². The molecule has 8 heteroatoms. The number of benzene rings is 1. The molecule has 0 bridgehead atoms. The molecule has 2 aromatic heterocycles. The minimum atomic E-state index is -0.526. The van der Waals surface area contributed by atoms with Gasteiger partial charge < -0.3 is 4.98 Å². The van der Waals surface area contributed by atoms with Crippen molar-refractivity contribution in [1.82, 2.24) is 19.5 Å². The number of nitrogens with zero attached hydrogens (tertiary/aromatic N) is 2. The Balaban J connectivity index is 2.40. The molecule has 0 spiro atoms. The Morgan fingerprint density at radius 1 is 1.19 bits per heavy atom. The SMILES string of the molecule is CCn1c(=O)[nH]c(=O)c2[nH]c(-c3c(Cl)cccc3Cl)nc21. The molecule has 2 heterocycles. The third kappa shape index (κ3) is 2.16. The van der Waals surface area contributed by atoms with E-state index in [0.717, 1.165) is 0 Å². The topological polar surface area (TPSA) is 83.5 Å². The molecule has 0 amide bonds. The Kier molecular flexibility index (Phi) is 3.35. The quantitative estimate of drug-likeness (QED) is 0.759. The van der Waals surface area contributed by atoms with Crippen molar-refractivity contribution in [2.24, 2.45) is 0 Å². The van der Waals surface area contributed by atoms with Gasteiger partial charge in [0, 0.05) is 6.54 Å². The Bertz CT molecular complexity index is 935. The number of fused-ring (bicyclic) bond motifs is 1. The van der Waals surface area contributed by atoms with Gasteiger partial charge in [-0.2, -0.15) is 0 Å². The highest BCUT2D eigenvalue weighted by Gasteiger charge is 2.16. The van der Waals surface area contributed by atoms with Crippen molar-refractivity contribution in [2.45, 2.75) is 13.5 Å². The van der Waals surface area contributed by atoms with Crippen molar-refractivity contribution in [2.75, 3.05) is 0 Å². The average molecular weight is 325 g/mol. The van der Waals surface area contributed by atoms with Gasteiger partial charge in [0.15, 0.2) is 5.65 Å². The summed E-state index contributed by atoms with van der Waals surface area (Å²) in [6, 6.07) is 5.06. The first-order valence-electron chi connectivity index (χ1n) is 6.20. The second-order valence-electron chi connectivity index (χ2n) is 4.38. The van der Waals surface area contributed by atoms with Crippen LogP contribution in [-0.2, 0) is 6.54 Å². The highest BCUT2D eigenvalue weighted by atomic mass is 35.5. The molecule has 0 saturated carbocycles. The summed E-state index contributed by atoms with van der Waals surface area (Å²) < 4.78 is 1.36. The van der Waals surface area contributed by atoms with Gasteiger partial charge in [-0.05, 0) is 19.1 Å². The second kappa shape index (κ2) is 5.05. The van der Waals surface area contributed by atoms with E-state index in [1.54, 1.807) is 25.1 Å². The van der Waals surface area contributed by atoms with Gasteiger partial charge in [-0.25, -0.2) is 9.78 Å². The van der Waals surface area contributed by atoms with Crippen LogP contribution in [0.5, 0.6) is 0 Å². The van der Waals surface area contributed by atoms with E-state index in [1.165, 1.54) is 4.57 Å². The molecule has 21 heavy (non-hydrogen) atoms. The molecule has 108 valence electrons. The lowest BCUT2D eigenvalue weighted by atomic mass is 10.2. The van der Waals surface area contributed by atoms with E-state index in [9.17, 15) is 9.59 Å². The van der Waals surface area contributed by atoms with Crippen LogP contribution < -0.4 is 11.2 Å². The predicted molar refractivity (Wildman–Crippen MR) is 82.1 cm³/mol. The van der Waals surface area contributed by atoms with Crippen molar-refractivity contribution < 1.29 is 0 Å². The number of rotatable bonds is 2. The number of imidazole rings is 1. The minimum Gasteiger partial charge on any atom is -0.332 e. The molecule has 0 fully saturated rings. The van der Waals surface area contributed by atoms with E-state index in [2.05, 4.69) is 15.0 Å². The van der Waals surface area contributed by atoms with Crippen LogP contribution in [0.25, 0.3) is 22.6 Å². The van der Waals surface area contributed by atoms with Gasteiger partial charge in [0.1, 0.15) is 11.3 Å². The first-order chi connectivity index (χ1) is 10.0. The Morgan fingerprint density at radius 3 is 2.48 bits per heavy atom. The van der Waals surface area contributed by atoms with E-state index in [4.69, 9.17) is 23.2 Å². The second-order valence-corrected chi connectivity index (χ2v) is 5.20. The number of H-pyrrole nitrogens is 2. The summed E-state index contributed by atoms with van der Waals surface area (Å²) in [6.45, 7) is 2.17. The third-order valence-electron chi connectivity index (χ3n) is 3.15. The summed E-state index contributed by atoms with van der Waals surface area (Å²) in [5.74, 6) is 0.346. The van der Waals surface area contributed by atoms with Crippen molar-refractivity contribution in [1.29, 1.82) is 0 Å². The summed E-state index contributed by atoms with van der Waals surface area (Å²) >= 11 is 12.3. The Labute approximate surface area is 128 Å². The van der Waals surface area contributed by atoms with Crippen LogP contribution in [0.3, 0.4) is 0 Å². The highest BCUT2D eigenvalue weighted by molar-refractivity contribution is 6.39. The lowest BCUT2D eigenvalue weighted by Gasteiger charge is -2.02. The number of hydrogen-bond donors (Lipinski definition) is 2. The summed E-state index contributed by atoms with van der Waals surface area (Å²) in [5, 5.41) is 0.812. The number of aryl methyl sites for hydroxylation is 1. The largest absolute Gasteiger partial charge is 0.332 e. The number of nitrogens with one attached hydrogen (secondary N) is 2. The summed E-state index contributed by atoms with van der Waals surface area (Å²) in [6.07, 6.45) is 0. The lowest BCUT2D eigenvalue weighted by Crippen LogP contribution is -2.29. The minimum absolute atomic E-state index is 0.211. The van der Waals surface area contributed by atoms with Gasteiger partial charge in [0.25, 0.3) is 5.56 Å². The smallest absolute Gasteiger partial charge is 0.330 e.